The van der Waals surface area contributed by atoms with Crippen molar-refractivity contribution in [3.05, 3.63) is 54.1 Å². The lowest BCUT2D eigenvalue weighted by Gasteiger charge is -2.10. The zero-order valence-electron chi connectivity index (χ0n) is 10.6. The summed E-state index contributed by atoms with van der Waals surface area (Å²) in [6.45, 7) is 0. The molecule has 0 fully saturated rings. The Morgan fingerprint density at radius 2 is 1.70 bits per heavy atom. The lowest BCUT2D eigenvalue weighted by Crippen LogP contribution is -2.20. The number of carbonyl (C=O) groups is 1. The summed E-state index contributed by atoms with van der Waals surface area (Å²) in [5.74, 6) is -1.13. The van der Waals surface area contributed by atoms with E-state index in [2.05, 4.69) is 10.6 Å². The van der Waals surface area contributed by atoms with Gasteiger partial charge in [-0.25, -0.2) is 13.6 Å². The zero-order chi connectivity index (χ0) is 14.5. The van der Waals surface area contributed by atoms with Gasteiger partial charge < -0.3 is 15.4 Å². The number of urea groups is 1. The molecule has 0 aliphatic rings. The van der Waals surface area contributed by atoms with Crippen molar-refractivity contribution >= 4 is 17.4 Å². The maximum absolute atomic E-state index is 13.4. The van der Waals surface area contributed by atoms with E-state index in [-0.39, 0.29) is 0 Å². The lowest BCUT2D eigenvalue weighted by molar-refractivity contribution is 0.262. The molecule has 0 bridgehead atoms. The van der Waals surface area contributed by atoms with E-state index < -0.39 is 23.4 Å². The second kappa shape index (κ2) is 6.01. The normalized spacial score (nSPS) is 9.95. The molecule has 0 saturated carbocycles. The van der Waals surface area contributed by atoms with Crippen LogP contribution in [0.5, 0.6) is 5.75 Å². The molecule has 104 valence electrons. The minimum absolute atomic E-state index is 0.443. The molecule has 4 nitrogen and oxygen atoms in total. The van der Waals surface area contributed by atoms with Crippen molar-refractivity contribution in [1.82, 2.24) is 0 Å². The van der Waals surface area contributed by atoms with Crippen LogP contribution in [0, 0.1) is 11.6 Å². The van der Waals surface area contributed by atoms with E-state index in [0.717, 1.165) is 12.1 Å². The van der Waals surface area contributed by atoms with Crippen LogP contribution in [0.25, 0.3) is 0 Å². The van der Waals surface area contributed by atoms with E-state index in [4.69, 9.17) is 4.74 Å². The van der Waals surface area contributed by atoms with Crippen LogP contribution in [0.4, 0.5) is 25.0 Å². The molecular weight excluding hydrogens is 266 g/mol. The van der Waals surface area contributed by atoms with Crippen molar-refractivity contribution in [2.75, 3.05) is 17.7 Å². The van der Waals surface area contributed by atoms with Gasteiger partial charge in [-0.05, 0) is 24.3 Å². The highest BCUT2D eigenvalue weighted by molar-refractivity contribution is 6.00. The van der Waals surface area contributed by atoms with Crippen LogP contribution in [0.3, 0.4) is 0 Å². The Morgan fingerprint density at radius 1 is 1.05 bits per heavy atom. The van der Waals surface area contributed by atoms with Crippen molar-refractivity contribution in [2.24, 2.45) is 0 Å². The highest BCUT2D eigenvalue weighted by Gasteiger charge is 2.11. The van der Waals surface area contributed by atoms with Gasteiger partial charge in [0.2, 0.25) is 0 Å². The SMILES string of the molecule is COc1cccc(NC(=O)Nc2c(F)cccc2F)c1. The van der Waals surface area contributed by atoms with Gasteiger partial charge in [0.05, 0.1) is 7.11 Å². The number of carbonyl (C=O) groups excluding carboxylic acids is 1. The molecule has 0 heterocycles. The van der Waals surface area contributed by atoms with Gasteiger partial charge in [-0.15, -0.1) is 0 Å². The molecule has 20 heavy (non-hydrogen) atoms. The minimum Gasteiger partial charge on any atom is -0.497 e. The number of hydrogen-bond donors (Lipinski definition) is 2. The summed E-state index contributed by atoms with van der Waals surface area (Å²) < 4.78 is 31.7. The molecule has 6 heteroatoms. The summed E-state index contributed by atoms with van der Waals surface area (Å²) in [5.41, 5.74) is -0.0495. The van der Waals surface area contributed by atoms with Gasteiger partial charge in [0, 0.05) is 11.8 Å². The first-order chi connectivity index (χ1) is 9.60. The highest BCUT2D eigenvalue weighted by atomic mass is 19.1. The number of hydrogen-bond acceptors (Lipinski definition) is 2. The number of halogens is 2. The van der Waals surface area contributed by atoms with Crippen LogP contribution in [0.15, 0.2) is 42.5 Å². The van der Waals surface area contributed by atoms with Gasteiger partial charge in [0.25, 0.3) is 0 Å². The molecule has 0 aliphatic carbocycles. The van der Waals surface area contributed by atoms with Crippen LogP contribution < -0.4 is 15.4 Å². The number of methoxy groups -OCH3 is 1. The number of benzene rings is 2. The van der Waals surface area contributed by atoms with Crippen LogP contribution in [-0.2, 0) is 0 Å². The predicted molar refractivity (Wildman–Crippen MR) is 72.0 cm³/mol. The lowest BCUT2D eigenvalue weighted by atomic mass is 10.3. The Labute approximate surface area is 114 Å². The van der Waals surface area contributed by atoms with Gasteiger partial charge in [-0.3, -0.25) is 0 Å². The topological polar surface area (TPSA) is 50.4 Å². The first-order valence-electron chi connectivity index (χ1n) is 5.76. The third kappa shape index (κ3) is 3.23. The fourth-order valence-corrected chi connectivity index (χ4v) is 1.59. The summed E-state index contributed by atoms with van der Waals surface area (Å²) in [6.07, 6.45) is 0. The Balaban J connectivity index is 2.09. The molecule has 0 aromatic heterocycles. The van der Waals surface area contributed by atoms with E-state index in [1.807, 2.05) is 0 Å². The molecule has 0 unspecified atom stereocenters. The number of para-hydroxylation sites is 1. The fraction of sp³-hybridized carbons (Fsp3) is 0.0714. The Morgan fingerprint density at radius 3 is 2.35 bits per heavy atom. The van der Waals surface area contributed by atoms with Gasteiger partial charge >= 0.3 is 6.03 Å². The average Bonchev–Trinajstić information content (AvgIpc) is 2.43. The van der Waals surface area contributed by atoms with E-state index in [1.54, 1.807) is 24.3 Å². The third-order valence-corrected chi connectivity index (χ3v) is 2.53. The third-order valence-electron chi connectivity index (χ3n) is 2.53. The van der Waals surface area contributed by atoms with Crippen molar-refractivity contribution < 1.29 is 18.3 Å². The minimum atomic E-state index is -0.842. The van der Waals surface area contributed by atoms with E-state index >= 15 is 0 Å². The second-order valence-electron chi connectivity index (χ2n) is 3.91. The van der Waals surface area contributed by atoms with Crippen LogP contribution in [0.1, 0.15) is 0 Å². The number of nitrogens with one attached hydrogen (secondary N) is 2. The number of amides is 2. The summed E-state index contributed by atoms with van der Waals surface area (Å²) >= 11 is 0. The molecule has 0 radical (unpaired) electrons. The second-order valence-corrected chi connectivity index (χ2v) is 3.91. The summed E-state index contributed by atoms with van der Waals surface area (Å²) in [6, 6.07) is 9.18. The van der Waals surface area contributed by atoms with E-state index in [1.165, 1.54) is 13.2 Å². The number of ether oxygens (including phenoxy) is 1. The predicted octanol–water partition coefficient (Wildman–Crippen LogP) is 3.62. The molecule has 2 amide bonds. The molecular formula is C14H12F2N2O2. The van der Waals surface area contributed by atoms with Gasteiger partial charge in [-0.2, -0.15) is 0 Å². The molecule has 2 N–H and O–H groups in total. The number of anilines is 2. The monoisotopic (exact) mass is 278 g/mol. The Hall–Kier alpha value is -2.63. The summed E-state index contributed by atoms with van der Waals surface area (Å²) in [5, 5.41) is 4.58. The maximum Gasteiger partial charge on any atom is 0.323 e. The molecule has 0 spiro atoms. The smallest absolute Gasteiger partial charge is 0.323 e. The highest BCUT2D eigenvalue weighted by Crippen LogP contribution is 2.20. The molecule has 2 aromatic rings. The largest absolute Gasteiger partial charge is 0.497 e. The molecule has 0 saturated heterocycles. The Kier molecular flexibility index (Phi) is 4.14. The van der Waals surface area contributed by atoms with Crippen LogP contribution >= 0.6 is 0 Å². The Bertz CT molecular complexity index is 612. The zero-order valence-corrected chi connectivity index (χ0v) is 10.6. The van der Waals surface area contributed by atoms with Gasteiger partial charge in [-0.1, -0.05) is 12.1 Å². The van der Waals surface area contributed by atoms with E-state index in [9.17, 15) is 13.6 Å². The maximum atomic E-state index is 13.4. The standard InChI is InChI=1S/C14H12F2N2O2/c1-20-10-5-2-4-9(8-10)17-14(19)18-13-11(15)6-3-7-12(13)16/h2-8H,1H3,(H2,17,18,19). The summed E-state index contributed by atoms with van der Waals surface area (Å²) in [7, 11) is 1.49. The van der Waals surface area contributed by atoms with E-state index in [0.29, 0.717) is 11.4 Å². The molecule has 2 aromatic carbocycles. The molecule has 0 aliphatic heterocycles. The van der Waals surface area contributed by atoms with Crippen molar-refractivity contribution in [3.63, 3.8) is 0 Å². The van der Waals surface area contributed by atoms with Crippen LogP contribution in [-0.4, -0.2) is 13.1 Å². The van der Waals surface area contributed by atoms with Gasteiger partial charge in [0.15, 0.2) is 0 Å². The quantitative estimate of drug-likeness (QED) is 0.901. The van der Waals surface area contributed by atoms with Crippen molar-refractivity contribution in [3.8, 4) is 5.75 Å². The van der Waals surface area contributed by atoms with Crippen molar-refractivity contribution in [2.45, 2.75) is 0 Å². The first-order valence-corrected chi connectivity index (χ1v) is 5.76. The first kappa shape index (κ1) is 13.8. The molecule has 2 rings (SSSR count). The average molecular weight is 278 g/mol. The van der Waals surface area contributed by atoms with Gasteiger partial charge in [0.1, 0.15) is 23.1 Å². The fourth-order valence-electron chi connectivity index (χ4n) is 1.59. The van der Waals surface area contributed by atoms with Crippen LogP contribution in [0.2, 0.25) is 0 Å². The van der Waals surface area contributed by atoms with Crippen molar-refractivity contribution in [1.29, 1.82) is 0 Å². The summed E-state index contributed by atoms with van der Waals surface area (Å²) in [4.78, 5) is 11.7. The number of rotatable bonds is 3. The molecule has 0 atom stereocenters.